The summed E-state index contributed by atoms with van der Waals surface area (Å²) in [5, 5.41) is 3.40. The molecule has 2 amide bonds. The van der Waals surface area contributed by atoms with Crippen LogP contribution < -0.4 is 10.1 Å². The lowest BCUT2D eigenvalue weighted by atomic mass is 10.0. The van der Waals surface area contributed by atoms with Crippen LogP contribution >= 0.6 is 11.6 Å². The summed E-state index contributed by atoms with van der Waals surface area (Å²) >= 11 is 6.31. The first-order valence-electron chi connectivity index (χ1n) is 9.29. The number of rotatable bonds is 5. The number of methoxy groups -OCH3 is 2. The lowest BCUT2D eigenvalue weighted by Gasteiger charge is -2.38. The number of nitrogens with one attached hydrogen (secondary N) is 1. The highest BCUT2D eigenvalue weighted by Gasteiger charge is 2.33. The summed E-state index contributed by atoms with van der Waals surface area (Å²) in [6.07, 6.45) is 0. The fourth-order valence-electron chi connectivity index (χ4n) is 3.37. The minimum absolute atomic E-state index is 0.190. The van der Waals surface area contributed by atoms with Gasteiger partial charge in [-0.3, -0.25) is 4.90 Å². The fraction of sp³-hybridized carbons (Fsp3) is 0.333. The SMILES string of the molecule is COC(=O)[C@@H](c1ccccc1Cl)N1CCN(C(=O)Nc2cccc(OC)c2)CC1. The van der Waals surface area contributed by atoms with Gasteiger partial charge in [0.15, 0.2) is 0 Å². The number of nitrogens with zero attached hydrogens (tertiary/aromatic N) is 2. The van der Waals surface area contributed by atoms with E-state index >= 15 is 0 Å². The number of ether oxygens (including phenoxy) is 2. The number of esters is 1. The number of amides is 2. The van der Waals surface area contributed by atoms with Crippen molar-refractivity contribution in [1.29, 1.82) is 0 Å². The summed E-state index contributed by atoms with van der Waals surface area (Å²) in [7, 11) is 2.95. The number of hydrogen-bond donors (Lipinski definition) is 1. The highest BCUT2D eigenvalue weighted by atomic mass is 35.5. The number of urea groups is 1. The summed E-state index contributed by atoms with van der Waals surface area (Å²) in [6, 6.07) is 13.7. The van der Waals surface area contributed by atoms with Crippen LogP contribution in [0.5, 0.6) is 5.75 Å². The van der Waals surface area contributed by atoms with Gasteiger partial charge >= 0.3 is 12.0 Å². The van der Waals surface area contributed by atoms with Gasteiger partial charge in [0, 0.05) is 43.0 Å². The second-order valence-electron chi connectivity index (χ2n) is 6.63. The van der Waals surface area contributed by atoms with Crippen LogP contribution in [0.25, 0.3) is 0 Å². The van der Waals surface area contributed by atoms with E-state index in [4.69, 9.17) is 21.1 Å². The molecule has 0 spiro atoms. The number of benzene rings is 2. The second kappa shape index (κ2) is 9.62. The molecule has 2 aromatic rings. The first kappa shape index (κ1) is 21.0. The van der Waals surface area contributed by atoms with E-state index in [9.17, 15) is 9.59 Å². The Morgan fingerprint density at radius 2 is 1.76 bits per heavy atom. The molecule has 2 aromatic carbocycles. The van der Waals surface area contributed by atoms with Gasteiger partial charge in [0.1, 0.15) is 11.8 Å². The van der Waals surface area contributed by atoms with Gasteiger partial charge in [0.05, 0.1) is 14.2 Å². The van der Waals surface area contributed by atoms with E-state index < -0.39 is 6.04 Å². The molecule has 8 heteroatoms. The van der Waals surface area contributed by atoms with Crippen LogP contribution in [0.2, 0.25) is 5.02 Å². The van der Waals surface area contributed by atoms with Crippen molar-refractivity contribution >= 4 is 29.3 Å². The Kier molecular flexibility index (Phi) is 6.95. The quantitative estimate of drug-likeness (QED) is 0.755. The largest absolute Gasteiger partial charge is 0.497 e. The predicted molar refractivity (Wildman–Crippen MR) is 111 cm³/mol. The van der Waals surface area contributed by atoms with Gasteiger partial charge in [-0.15, -0.1) is 0 Å². The number of hydrogen-bond acceptors (Lipinski definition) is 5. The maximum absolute atomic E-state index is 12.6. The summed E-state index contributed by atoms with van der Waals surface area (Å²) < 4.78 is 10.2. The molecule has 0 aromatic heterocycles. The molecule has 1 saturated heterocycles. The van der Waals surface area contributed by atoms with E-state index in [0.29, 0.717) is 48.2 Å². The van der Waals surface area contributed by atoms with E-state index in [1.54, 1.807) is 30.2 Å². The van der Waals surface area contributed by atoms with E-state index in [-0.39, 0.29) is 12.0 Å². The van der Waals surface area contributed by atoms with Crippen molar-refractivity contribution in [1.82, 2.24) is 9.80 Å². The first-order valence-corrected chi connectivity index (χ1v) is 9.67. The van der Waals surface area contributed by atoms with Crippen LogP contribution in [0.3, 0.4) is 0 Å². The number of piperazine rings is 1. The van der Waals surface area contributed by atoms with Crippen molar-refractivity contribution in [2.75, 3.05) is 45.7 Å². The Morgan fingerprint density at radius 1 is 1.03 bits per heavy atom. The third-order valence-electron chi connectivity index (χ3n) is 4.91. The fourth-order valence-corrected chi connectivity index (χ4v) is 3.61. The van der Waals surface area contributed by atoms with E-state index in [1.807, 2.05) is 35.2 Å². The van der Waals surface area contributed by atoms with Crippen LogP contribution in [0.4, 0.5) is 10.5 Å². The van der Waals surface area contributed by atoms with Gasteiger partial charge in [-0.1, -0.05) is 35.9 Å². The summed E-state index contributed by atoms with van der Waals surface area (Å²) in [4.78, 5) is 28.8. The van der Waals surface area contributed by atoms with Gasteiger partial charge in [-0.25, -0.2) is 9.59 Å². The normalized spacial score (nSPS) is 15.5. The number of halogens is 1. The number of anilines is 1. The molecule has 1 fully saturated rings. The lowest BCUT2D eigenvalue weighted by Crippen LogP contribution is -2.52. The zero-order chi connectivity index (χ0) is 20.8. The van der Waals surface area contributed by atoms with Crippen LogP contribution in [0, 0.1) is 0 Å². The average molecular weight is 418 g/mol. The van der Waals surface area contributed by atoms with Crippen LogP contribution in [-0.4, -0.2) is 62.2 Å². The molecule has 1 aliphatic heterocycles. The molecule has 1 heterocycles. The highest BCUT2D eigenvalue weighted by Crippen LogP contribution is 2.29. The monoisotopic (exact) mass is 417 g/mol. The third-order valence-corrected chi connectivity index (χ3v) is 5.26. The molecule has 0 saturated carbocycles. The number of carbonyl (C=O) groups excluding carboxylic acids is 2. The van der Waals surface area contributed by atoms with E-state index in [0.717, 1.165) is 0 Å². The average Bonchev–Trinajstić information content (AvgIpc) is 2.75. The molecule has 1 aliphatic rings. The van der Waals surface area contributed by atoms with Gasteiger partial charge in [0.2, 0.25) is 0 Å². The molecule has 154 valence electrons. The summed E-state index contributed by atoms with van der Waals surface area (Å²) in [5.41, 5.74) is 1.37. The molecule has 0 radical (unpaired) electrons. The van der Waals surface area contributed by atoms with E-state index in [1.165, 1.54) is 7.11 Å². The zero-order valence-electron chi connectivity index (χ0n) is 16.4. The Balaban J connectivity index is 1.65. The highest BCUT2D eigenvalue weighted by molar-refractivity contribution is 6.31. The topological polar surface area (TPSA) is 71.1 Å². The molecule has 29 heavy (non-hydrogen) atoms. The van der Waals surface area contributed by atoms with Crippen molar-refractivity contribution in [2.45, 2.75) is 6.04 Å². The van der Waals surface area contributed by atoms with Crippen molar-refractivity contribution in [3.8, 4) is 5.75 Å². The molecule has 0 aliphatic carbocycles. The molecule has 0 unspecified atom stereocenters. The Labute approximate surface area is 175 Å². The molecule has 0 bridgehead atoms. The third kappa shape index (κ3) is 4.99. The molecule has 1 N–H and O–H groups in total. The smallest absolute Gasteiger partial charge is 0.327 e. The van der Waals surface area contributed by atoms with Crippen molar-refractivity contribution in [3.05, 3.63) is 59.1 Å². The van der Waals surface area contributed by atoms with Crippen LogP contribution in [0.15, 0.2) is 48.5 Å². The van der Waals surface area contributed by atoms with Gasteiger partial charge in [-0.05, 0) is 23.8 Å². The molecule has 7 nitrogen and oxygen atoms in total. The summed E-state index contributed by atoms with van der Waals surface area (Å²) in [5.74, 6) is 0.306. The Bertz CT molecular complexity index is 869. The Hall–Kier alpha value is -2.77. The van der Waals surface area contributed by atoms with Gasteiger partial charge in [0.25, 0.3) is 0 Å². The minimum atomic E-state index is -0.600. The van der Waals surface area contributed by atoms with Gasteiger partial charge < -0.3 is 19.7 Å². The predicted octanol–water partition coefficient (Wildman–Crippen LogP) is 3.41. The standard InChI is InChI=1S/C21H24ClN3O4/c1-28-16-7-5-6-15(14-16)23-21(27)25-12-10-24(11-13-25)19(20(26)29-2)17-8-3-4-9-18(17)22/h3-9,14,19H,10-13H2,1-2H3,(H,23,27)/t19-/m1/s1. The maximum atomic E-state index is 12.6. The molecular formula is C21H24ClN3O4. The van der Waals surface area contributed by atoms with Crippen molar-refractivity contribution in [2.24, 2.45) is 0 Å². The summed E-state index contributed by atoms with van der Waals surface area (Å²) in [6.45, 7) is 2.01. The second-order valence-corrected chi connectivity index (χ2v) is 7.04. The van der Waals surface area contributed by atoms with Crippen molar-refractivity contribution < 1.29 is 19.1 Å². The molecule has 3 rings (SSSR count). The maximum Gasteiger partial charge on any atom is 0.327 e. The van der Waals surface area contributed by atoms with Gasteiger partial charge in [-0.2, -0.15) is 0 Å². The zero-order valence-corrected chi connectivity index (χ0v) is 17.2. The molecule has 1 atom stereocenters. The first-order chi connectivity index (χ1) is 14.0. The van der Waals surface area contributed by atoms with Crippen molar-refractivity contribution in [3.63, 3.8) is 0 Å². The van der Waals surface area contributed by atoms with E-state index in [2.05, 4.69) is 5.32 Å². The minimum Gasteiger partial charge on any atom is -0.497 e. The number of carbonyl (C=O) groups is 2. The Morgan fingerprint density at radius 3 is 2.41 bits per heavy atom. The van der Waals surface area contributed by atoms with Crippen LogP contribution in [-0.2, 0) is 9.53 Å². The van der Waals surface area contributed by atoms with Crippen LogP contribution in [0.1, 0.15) is 11.6 Å². The molecular weight excluding hydrogens is 394 g/mol. The lowest BCUT2D eigenvalue weighted by molar-refractivity contribution is -0.148.